The van der Waals surface area contributed by atoms with Crippen LogP contribution >= 0.6 is 12.2 Å². The summed E-state index contributed by atoms with van der Waals surface area (Å²) in [5.41, 5.74) is 1.04. The van der Waals surface area contributed by atoms with Gasteiger partial charge in [0.05, 0.1) is 13.2 Å². The van der Waals surface area contributed by atoms with Crippen LogP contribution in [0, 0.1) is 11.8 Å². The number of rotatable bonds is 5. The molecule has 4 saturated heterocycles. The number of thiocarbonyl (C=S) groups is 1. The highest BCUT2D eigenvalue weighted by atomic mass is 32.1. The molecule has 1 unspecified atom stereocenters. The Labute approximate surface area is 162 Å². The number of para-hydroxylation sites is 1. The van der Waals surface area contributed by atoms with Gasteiger partial charge in [-0.25, -0.2) is 0 Å². The fraction of sp³-hybridized carbons (Fsp3) is 0.650. The SMILES string of the molecule is S=C(NC[C@H]1C[C@@H]2CCN1C[C@@H]2CN1CCOCC1)Nc1ccccc1. The van der Waals surface area contributed by atoms with E-state index in [-0.39, 0.29) is 0 Å². The molecule has 4 fully saturated rings. The van der Waals surface area contributed by atoms with Crippen LogP contribution in [0.2, 0.25) is 0 Å². The molecule has 4 atom stereocenters. The van der Waals surface area contributed by atoms with Crippen molar-refractivity contribution in [3.05, 3.63) is 30.3 Å². The molecule has 2 bridgehead atoms. The van der Waals surface area contributed by atoms with Crippen LogP contribution in [0.25, 0.3) is 0 Å². The van der Waals surface area contributed by atoms with E-state index in [2.05, 4.69) is 20.4 Å². The molecule has 2 N–H and O–H groups in total. The topological polar surface area (TPSA) is 39.8 Å². The molecule has 4 heterocycles. The summed E-state index contributed by atoms with van der Waals surface area (Å²) < 4.78 is 5.49. The molecule has 6 heteroatoms. The molecule has 5 rings (SSSR count). The van der Waals surface area contributed by atoms with E-state index in [1.54, 1.807) is 0 Å². The molecule has 1 aromatic rings. The Morgan fingerprint density at radius 2 is 1.96 bits per heavy atom. The summed E-state index contributed by atoms with van der Waals surface area (Å²) in [6.45, 7) is 8.70. The Morgan fingerprint density at radius 1 is 1.15 bits per heavy atom. The number of benzene rings is 1. The van der Waals surface area contributed by atoms with Crippen LogP contribution < -0.4 is 10.6 Å². The monoisotopic (exact) mass is 374 g/mol. The molecule has 4 aliphatic heterocycles. The molecule has 4 aliphatic rings. The highest BCUT2D eigenvalue weighted by Gasteiger charge is 2.40. The van der Waals surface area contributed by atoms with Gasteiger partial charge in [-0.05, 0) is 55.6 Å². The van der Waals surface area contributed by atoms with Crippen molar-refractivity contribution in [1.29, 1.82) is 0 Å². The van der Waals surface area contributed by atoms with Crippen molar-refractivity contribution in [1.82, 2.24) is 15.1 Å². The van der Waals surface area contributed by atoms with Gasteiger partial charge in [-0.2, -0.15) is 0 Å². The predicted octanol–water partition coefficient (Wildman–Crippen LogP) is 2.02. The van der Waals surface area contributed by atoms with Gasteiger partial charge in [-0.15, -0.1) is 0 Å². The summed E-state index contributed by atoms with van der Waals surface area (Å²) in [4.78, 5) is 5.28. The third-order valence-electron chi connectivity index (χ3n) is 6.14. The molecule has 5 nitrogen and oxygen atoms in total. The number of fused-ring (bicyclic) bond motifs is 3. The number of hydrogen-bond donors (Lipinski definition) is 2. The first-order valence-electron chi connectivity index (χ1n) is 9.92. The molecule has 142 valence electrons. The minimum absolute atomic E-state index is 0.616. The Kier molecular flexibility index (Phi) is 6.05. The Morgan fingerprint density at radius 3 is 2.69 bits per heavy atom. The Bertz CT molecular complexity index is 593. The number of nitrogens with zero attached hydrogens (tertiary/aromatic N) is 2. The molecule has 0 aromatic heterocycles. The summed E-state index contributed by atoms with van der Waals surface area (Å²) in [6.07, 6.45) is 2.66. The lowest BCUT2D eigenvalue weighted by atomic mass is 9.75. The van der Waals surface area contributed by atoms with Crippen molar-refractivity contribution in [2.24, 2.45) is 11.8 Å². The van der Waals surface area contributed by atoms with Crippen LogP contribution in [0.3, 0.4) is 0 Å². The molecule has 0 saturated carbocycles. The van der Waals surface area contributed by atoms with Gasteiger partial charge in [0.2, 0.25) is 0 Å². The lowest BCUT2D eigenvalue weighted by molar-refractivity contribution is -0.0286. The standard InChI is InChI=1S/C20H30N4OS/c26-20(22-18-4-2-1-3-5-18)21-13-19-12-16-6-7-24(19)15-17(16)14-23-8-10-25-11-9-23/h1-5,16-17,19H,6-15H2,(H2,21,22,26)/t16-,17-,19+/m0/s1. The maximum atomic E-state index is 5.49. The summed E-state index contributed by atoms with van der Waals surface area (Å²) in [5.74, 6) is 1.69. The van der Waals surface area contributed by atoms with Crippen molar-refractivity contribution in [3.8, 4) is 0 Å². The molecular formula is C20H30N4OS. The third kappa shape index (κ3) is 4.55. The molecule has 1 aromatic carbocycles. The zero-order valence-electron chi connectivity index (χ0n) is 15.4. The van der Waals surface area contributed by atoms with Crippen LogP contribution in [-0.4, -0.2) is 73.4 Å². The minimum atomic E-state index is 0.616. The number of ether oxygens (including phenoxy) is 1. The number of hydrogen-bond acceptors (Lipinski definition) is 4. The van der Waals surface area contributed by atoms with E-state index in [4.69, 9.17) is 17.0 Å². The van der Waals surface area contributed by atoms with E-state index in [0.717, 1.165) is 55.5 Å². The fourth-order valence-corrected chi connectivity index (χ4v) is 4.89. The number of morpholine rings is 1. The van der Waals surface area contributed by atoms with E-state index in [1.807, 2.05) is 30.3 Å². The largest absolute Gasteiger partial charge is 0.379 e. The molecule has 0 radical (unpaired) electrons. The van der Waals surface area contributed by atoms with Crippen molar-refractivity contribution in [3.63, 3.8) is 0 Å². The van der Waals surface area contributed by atoms with E-state index in [9.17, 15) is 0 Å². The average molecular weight is 375 g/mol. The zero-order valence-corrected chi connectivity index (χ0v) is 16.2. The van der Waals surface area contributed by atoms with E-state index in [0.29, 0.717) is 6.04 Å². The molecule has 0 amide bonds. The van der Waals surface area contributed by atoms with E-state index in [1.165, 1.54) is 32.5 Å². The van der Waals surface area contributed by atoms with Crippen LogP contribution in [0.4, 0.5) is 5.69 Å². The Hall–Kier alpha value is -1.21. The van der Waals surface area contributed by atoms with Gasteiger partial charge in [0.15, 0.2) is 5.11 Å². The summed E-state index contributed by atoms with van der Waals surface area (Å²) >= 11 is 5.46. The number of nitrogens with one attached hydrogen (secondary N) is 2. The first-order valence-corrected chi connectivity index (χ1v) is 10.3. The van der Waals surface area contributed by atoms with Crippen LogP contribution in [0.5, 0.6) is 0 Å². The molecule has 26 heavy (non-hydrogen) atoms. The highest BCUT2D eigenvalue weighted by molar-refractivity contribution is 7.80. The second kappa shape index (κ2) is 8.65. The van der Waals surface area contributed by atoms with Gasteiger partial charge < -0.3 is 15.4 Å². The number of piperidine rings is 3. The molecule has 0 spiro atoms. The number of anilines is 1. The van der Waals surface area contributed by atoms with E-state index >= 15 is 0 Å². The predicted molar refractivity (Wildman–Crippen MR) is 109 cm³/mol. The lowest BCUT2D eigenvalue weighted by Crippen LogP contribution is -2.59. The first kappa shape index (κ1) is 18.2. The van der Waals surface area contributed by atoms with Crippen LogP contribution in [0.1, 0.15) is 12.8 Å². The molecular weight excluding hydrogens is 344 g/mol. The van der Waals surface area contributed by atoms with Gasteiger partial charge in [0.25, 0.3) is 0 Å². The third-order valence-corrected chi connectivity index (χ3v) is 6.39. The zero-order chi connectivity index (χ0) is 17.8. The van der Waals surface area contributed by atoms with Gasteiger partial charge in [-0.1, -0.05) is 18.2 Å². The maximum Gasteiger partial charge on any atom is 0.170 e. The van der Waals surface area contributed by atoms with Crippen molar-refractivity contribution in [2.75, 3.05) is 57.8 Å². The maximum absolute atomic E-state index is 5.49. The summed E-state index contributed by atoms with van der Waals surface area (Å²) in [7, 11) is 0. The smallest absolute Gasteiger partial charge is 0.170 e. The van der Waals surface area contributed by atoms with Crippen molar-refractivity contribution < 1.29 is 4.74 Å². The second-order valence-electron chi connectivity index (χ2n) is 7.81. The summed E-state index contributed by atoms with van der Waals surface area (Å²) in [5, 5.41) is 7.43. The van der Waals surface area contributed by atoms with Gasteiger partial charge >= 0.3 is 0 Å². The first-order chi connectivity index (χ1) is 12.8. The minimum Gasteiger partial charge on any atom is -0.379 e. The second-order valence-corrected chi connectivity index (χ2v) is 8.22. The van der Waals surface area contributed by atoms with Crippen molar-refractivity contribution in [2.45, 2.75) is 18.9 Å². The normalized spacial score (nSPS) is 31.5. The van der Waals surface area contributed by atoms with Gasteiger partial charge in [0.1, 0.15) is 0 Å². The van der Waals surface area contributed by atoms with Gasteiger partial charge in [-0.3, -0.25) is 9.80 Å². The van der Waals surface area contributed by atoms with E-state index < -0.39 is 0 Å². The summed E-state index contributed by atoms with van der Waals surface area (Å²) in [6, 6.07) is 10.7. The lowest BCUT2D eigenvalue weighted by Gasteiger charge is -2.51. The highest BCUT2D eigenvalue weighted by Crippen LogP contribution is 2.36. The molecule has 0 aliphatic carbocycles. The van der Waals surface area contributed by atoms with Crippen LogP contribution in [-0.2, 0) is 4.74 Å². The average Bonchev–Trinajstić information content (AvgIpc) is 2.69. The van der Waals surface area contributed by atoms with Crippen molar-refractivity contribution >= 4 is 23.0 Å². The van der Waals surface area contributed by atoms with Crippen LogP contribution in [0.15, 0.2) is 30.3 Å². The quantitative estimate of drug-likeness (QED) is 0.769. The fourth-order valence-electron chi connectivity index (χ4n) is 4.69. The van der Waals surface area contributed by atoms with Gasteiger partial charge in [0, 0.05) is 44.5 Å². The Balaban J connectivity index is 1.23.